The molecular formula is C14H21ClN2O4. The van der Waals surface area contributed by atoms with Gasteiger partial charge in [0.1, 0.15) is 14.1 Å². The van der Waals surface area contributed by atoms with Crippen molar-refractivity contribution in [1.29, 1.82) is 0 Å². The maximum Gasteiger partial charge on any atom is 0.172 e. The molecule has 7 heteroatoms. The van der Waals surface area contributed by atoms with Crippen LogP contribution < -0.4 is 18.6 Å². The summed E-state index contributed by atoms with van der Waals surface area (Å²) >= 11 is 0. The lowest BCUT2D eigenvalue weighted by molar-refractivity contribution is -2.00. The fourth-order valence-electron chi connectivity index (χ4n) is 1.48. The summed E-state index contributed by atoms with van der Waals surface area (Å²) in [5.41, 5.74) is 3.75. The average Bonchev–Trinajstić information content (AvgIpc) is 2.25. The lowest BCUT2D eigenvalue weighted by Crippen LogP contribution is -2.68. The van der Waals surface area contributed by atoms with Gasteiger partial charge in [-0.2, -0.15) is 0 Å². The smallest absolute Gasteiger partial charge is 0.172 e. The van der Waals surface area contributed by atoms with Crippen molar-refractivity contribution in [3.05, 3.63) is 41.6 Å². The zero-order chi connectivity index (χ0) is 16.6. The lowest BCUT2D eigenvalue weighted by Gasteiger charge is -2.17. The quantitative estimate of drug-likeness (QED) is 0.453. The van der Waals surface area contributed by atoms with Crippen molar-refractivity contribution in [1.82, 2.24) is 4.90 Å². The molecule has 0 fully saturated rings. The lowest BCUT2D eigenvalue weighted by atomic mass is 10.1. The Morgan fingerprint density at radius 2 is 1.48 bits per heavy atom. The van der Waals surface area contributed by atoms with Gasteiger partial charge < -0.3 is 4.90 Å². The van der Waals surface area contributed by atoms with E-state index in [1.807, 2.05) is 28.2 Å². The third kappa shape index (κ3) is 12.0. The predicted octanol–water partition coefficient (Wildman–Crippen LogP) is -2.52. The number of hydrogen-bond acceptors (Lipinski definition) is 5. The molecule has 1 aromatic rings. The molecule has 0 atom stereocenters. The second-order valence-electron chi connectivity index (χ2n) is 4.88. The molecule has 0 aromatic heterocycles. The summed E-state index contributed by atoms with van der Waals surface area (Å²) in [6, 6.07) is 8.60. The summed E-state index contributed by atoms with van der Waals surface area (Å²) in [5.74, 6) is 0. The largest absolute Gasteiger partial charge is 0.383 e. The molecule has 1 aromatic carbocycles. The molecule has 21 heavy (non-hydrogen) atoms. The Balaban J connectivity index is 0.000000690. The van der Waals surface area contributed by atoms with Crippen molar-refractivity contribution in [3.63, 3.8) is 0 Å². The Morgan fingerprint density at radius 1 is 1.05 bits per heavy atom. The van der Waals surface area contributed by atoms with Gasteiger partial charge in [0, 0.05) is 20.3 Å². The number of nitrogens with zero attached hydrogens (tertiary/aromatic N) is 2. The predicted molar refractivity (Wildman–Crippen MR) is 71.0 cm³/mol. The maximum absolute atomic E-state index is 8.49. The highest BCUT2D eigenvalue weighted by molar-refractivity contribution is 6.07. The molecule has 0 heterocycles. The molecule has 0 saturated carbocycles. The normalized spacial score (nSPS) is 11.4. The van der Waals surface area contributed by atoms with Crippen LogP contribution in [0.4, 0.5) is 0 Å². The Hall–Kier alpha value is -1.44. The van der Waals surface area contributed by atoms with Crippen LogP contribution in [0.3, 0.4) is 0 Å². The van der Waals surface area contributed by atoms with E-state index in [4.69, 9.17) is 18.6 Å². The van der Waals surface area contributed by atoms with E-state index < -0.39 is 10.2 Å². The fourth-order valence-corrected chi connectivity index (χ4v) is 1.48. The van der Waals surface area contributed by atoms with Gasteiger partial charge in [0.15, 0.2) is 6.21 Å². The summed E-state index contributed by atoms with van der Waals surface area (Å²) < 4.78 is 36.0. The molecule has 0 aliphatic heterocycles. The van der Waals surface area contributed by atoms with Crippen molar-refractivity contribution < 1.29 is 33.5 Å². The molecule has 0 radical (unpaired) electrons. The fraction of sp³-hybridized carbons (Fsp3) is 0.357. The van der Waals surface area contributed by atoms with E-state index >= 15 is 0 Å². The molecule has 0 aliphatic rings. The minimum atomic E-state index is -4.94. The third-order valence-electron chi connectivity index (χ3n) is 2.18. The average molecular weight is 317 g/mol. The van der Waals surface area contributed by atoms with Gasteiger partial charge in [0.25, 0.3) is 0 Å². The summed E-state index contributed by atoms with van der Waals surface area (Å²) in [6.45, 7) is 2.11. The zero-order valence-corrected chi connectivity index (χ0v) is 13.6. The van der Waals surface area contributed by atoms with Crippen molar-refractivity contribution in [2.75, 3.05) is 28.2 Å². The van der Waals surface area contributed by atoms with Crippen LogP contribution in [-0.4, -0.2) is 43.9 Å². The Labute approximate surface area is 127 Å². The van der Waals surface area contributed by atoms with E-state index in [9.17, 15) is 0 Å². The molecule has 6 nitrogen and oxygen atoms in total. The number of hydrogen-bond donors (Lipinski definition) is 0. The first-order valence-corrected chi connectivity index (χ1v) is 7.31. The number of halogens is 1. The van der Waals surface area contributed by atoms with Crippen LogP contribution in [0.1, 0.15) is 11.1 Å². The highest BCUT2D eigenvalue weighted by Crippen LogP contribution is 2.13. The SMILES string of the molecule is Cc1ccc(/C(C=[N+](C)C)=C\N(C)C)cc1.[O-][Cl+3]([O-])([O-])[O-]. The minimum absolute atomic E-state index is 1.22. The van der Waals surface area contributed by atoms with Gasteiger partial charge in [-0.25, -0.2) is 23.2 Å². The van der Waals surface area contributed by atoms with Crippen LogP contribution in [0, 0.1) is 17.2 Å². The van der Waals surface area contributed by atoms with Gasteiger partial charge >= 0.3 is 0 Å². The molecule has 0 unspecified atom stereocenters. The van der Waals surface area contributed by atoms with Crippen LogP contribution in [0.15, 0.2) is 30.5 Å². The van der Waals surface area contributed by atoms with Crippen LogP contribution in [0.25, 0.3) is 5.57 Å². The van der Waals surface area contributed by atoms with Crippen LogP contribution in [0.2, 0.25) is 0 Å². The van der Waals surface area contributed by atoms with Crippen LogP contribution >= 0.6 is 0 Å². The molecule has 0 amide bonds. The zero-order valence-electron chi connectivity index (χ0n) is 12.9. The van der Waals surface area contributed by atoms with Gasteiger partial charge in [-0.15, -0.1) is 10.2 Å². The molecule has 118 valence electrons. The van der Waals surface area contributed by atoms with Crippen LogP contribution in [0.5, 0.6) is 0 Å². The minimum Gasteiger partial charge on any atom is -0.383 e. The molecule has 0 spiro atoms. The first-order chi connectivity index (χ1) is 9.49. The molecule has 0 saturated heterocycles. The van der Waals surface area contributed by atoms with E-state index in [0.29, 0.717) is 0 Å². The second-order valence-corrected chi connectivity index (χ2v) is 5.64. The van der Waals surface area contributed by atoms with Crippen molar-refractivity contribution in [2.45, 2.75) is 6.92 Å². The highest BCUT2D eigenvalue weighted by atomic mass is 35.7. The Bertz CT molecular complexity index is 481. The second kappa shape index (κ2) is 8.76. The van der Waals surface area contributed by atoms with Gasteiger partial charge in [0.05, 0.1) is 5.57 Å². The van der Waals surface area contributed by atoms with Gasteiger partial charge in [-0.1, -0.05) is 29.8 Å². The van der Waals surface area contributed by atoms with E-state index in [0.717, 1.165) is 0 Å². The van der Waals surface area contributed by atoms with Gasteiger partial charge in [0.2, 0.25) is 0 Å². The van der Waals surface area contributed by atoms with E-state index in [1.165, 1.54) is 16.7 Å². The topological polar surface area (TPSA) is 98.5 Å². The molecule has 1 rings (SSSR count). The maximum atomic E-state index is 8.49. The molecule has 0 bridgehead atoms. The number of rotatable bonds is 3. The molecule has 0 aliphatic carbocycles. The van der Waals surface area contributed by atoms with E-state index in [-0.39, 0.29) is 0 Å². The van der Waals surface area contributed by atoms with E-state index in [1.54, 1.807) is 0 Å². The summed E-state index contributed by atoms with van der Waals surface area (Å²) in [7, 11) is 3.21. The Morgan fingerprint density at radius 3 is 1.81 bits per heavy atom. The Kier molecular flexibility index (Phi) is 8.16. The van der Waals surface area contributed by atoms with Crippen molar-refractivity contribution in [3.8, 4) is 0 Å². The summed E-state index contributed by atoms with van der Waals surface area (Å²) in [5, 5.41) is 0. The first kappa shape index (κ1) is 19.6. The molecular weight excluding hydrogens is 296 g/mol. The summed E-state index contributed by atoms with van der Waals surface area (Å²) in [6.07, 6.45) is 4.26. The molecule has 0 N–H and O–H groups in total. The van der Waals surface area contributed by atoms with Crippen molar-refractivity contribution >= 4 is 11.8 Å². The number of aryl methyl sites for hydroxylation is 1. The van der Waals surface area contributed by atoms with Gasteiger partial charge in [-0.3, -0.25) is 0 Å². The first-order valence-electron chi connectivity index (χ1n) is 6.07. The highest BCUT2D eigenvalue weighted by Gasteiger charge is 2.03. The van der Waals surface area contributed by atoms with Gasteiger partial charge in [-0.05, 0) is 12.5 Å². The number of benzene rings is 1. The summed E-state index contributed by atoms with van der Waals surface area (Å²) in [4.78, 5) is 2.06. The van der Waals surface area contributed by atoms with E-state index in [2.05, 4.69) is 53.1 Å². The van der Waals surface area contributed by atoms with Crippen molar-refractivity contribution in [2.24, 2.45) is 0 Å². The number of allylic oxidation sites excluding steroid dienone is 1. The monoisotopic (exact) mass is 316 g/mol. The third-order valence-corrected chi connectivity index (χ3v) is 2.18. The standard InChI is InChI=1S/C14H21N2.ClHO4/c1-12-6-8-13(9-7-12)14(10-15(2)3)11-16(4)5;2-1(3,4)5/h6-11H,1-5H3;(H,2,3,4,5)/q+1;/p-1. The van der Waals surface area contributed by atoms with Crippen LogP contribution in [-0.2, 0) is 0 Å².